The molecule has 2 heterocycles. The van der Waals surface area contributed by atoms with Gasteiger partial charge in [-0.05, 0) is 42.7 Å². The van der Waals surface area contributed by atoms with Crippen LogP contribution < -0.4 is 5.32 Å². The van der Waals surface area contributed by atoms with Crippen LogP contribution in [0, 0.1) is 0 Å². The van der Waals surface area contributed by atoms with Crippen LogP contribution in [0.2, 0.25) is 0 Å². The zero-order chi connectivity index (χ0) is 24.0. The molecule has 2 N–H and O–H groups in total. The van der Waals surface area contributed by atoms with E-state index in [-0.39, 0.29) is 24.4 Å². The van der Waals surface area contributed by atoms with E-state index in [9.17, 15) is 18.0 Å². The van der Waals surface area contributed by atoms with E-state index in [0.29, 0.717) is 25.3 Å². The molecule has 1 aromatic heterocycles. The summed E-state index contributed by atoms with van der Waals surface area (Å²) in [5.41, 5.74) is 2.50. The summed E-state index contributed by atoms with van der Waals surface area (Å²) in [4.78, 5) is 27.6. The summed E-state index contributed by atoms with van der Waals surface area (Å²) < 4.78 is 37.2. The number of para-hydroxylation sites is 1. The van der Waals surface area contributed by atoms with Crippen molar-refractivity contribution < 1.29 is 27.5 Å². The van der Waals surface area contributed by atoms with Crippen LogP contribution in [0.15, 0.2) is 59.6 Å². The van der Waals surface area contributed by atoms with Gasteiger partial charge in [0.2, 0.25) is 10.0 Å². The number of H-pyrrole nitrogens is 1. The highest BCUT2D eigenvalue weighted by atomic mass is 32.2. The van der Waals surface area contributed by atoms with Gasteiger partial charge in [0.15, 0.2) is 6.61 Å². The molecule has 1 saturated heterocycles. The fraction of sp³-hybridized carbons (Fsp3) is 0.333. The molecule has 1 aliphatic rings. The zero-order valence-corrected chi connectivity index (χ0v) is 19.5. The van der Waals surface area contributed by atoms with Gasteiger partial charge < -0.3 is 19.8 Å². The lowest BCUT2D eigenvalue weighted by molar-refractivity contribution is -0.147. The number of rotatable bonds is 9. The Morgan fingerprint density at radius 3 is 2.71 bits per heavy atom. The fourth-order valence-corrected chi connectivity index (χ4v) is 5.30. The number of nitrogens with zero attached hydrogens (tertiary/aromatic N) is 1. The molecule has 4 rings (SSSR count). The third-order valence-corrected chi connectivity index (χ3v) is 7.49. The first-order valence-corrected chi connectivity index (χ1v) is 12.6. The molecule has 2 aromatic carbocycles. The van der Waals surface area contributed by atoms with Gasteiger partial charge in [0.25, 0.3) is 5.91 Å². The summed E-state index contributed by atoms with van der Waals surface area (Å²) in [6.07, 6.45) is 3.45. The van der Waals surface area contributed by atoms with Crippen molar-refractivity contribution in [3.8, 4) is 0 Å². The van der Waals surface area contributed by atoms with E-state index in [1.165, 1.54) is 16.4 Å². The number of hydrogen-bond acceptors (Lipinski definition) is 6. The summed E-state index contributed by atoms with van der Waals surface area (Å²) in [5, 5.41) is 3.72. The van der Waals surface area contributed by atoms with E-state index >= 15 is 0 Å². The first kappa shape index (κ1) is 23.9. The summed E-state index contributed by atoms with van der Waals surface area (Å²) in [7, 11) is -3.67. The van der Waals surface area contributed by atoms with Gasteiger partial charge in [-0.1, -0.05) is 24.3 Å². The van der Waals surface area contributed by atoms with Crippen LogP contribution >= 0.6 is 0 Å². The standard InChI is InChI=1S/C24H27N3O6S/c28-23(17-33-24(29)10-3-5-18-16-25-22-9-2-1-8-21(18)22)26-19-6-4-7-20(15-19)34(30,31)27-11-13-32-14-12-27/h1-2,4,6-9,15-16,25H,3,5,10-14,17H2,(H,26,28). The molecule has 9 nitrogen and oxygen atoms in total. The molecule has 0 aliphatic carbocycles. The first-order valence-electron chi connectivity index (χ1n) is 11.1. The van der Waals surface area contributed by atoms with Crippen molar-refractivity contribution in [3.05, 3.63) is 60.3 Å². The van der Waals surface area contributed by atoms with Gasteiger partial charge in [0.1, 0.15) is 0 Å². The molecule has 0 bridgehead atoms. The molecule has 0 saturated carbocycles. The molecule has 0 unspecified atom stereocenters. The van der Waals surface area contributed by atoms with Gasteiger partial charge >= 0.3 is 5.97 Å². The number of aryl methyl sites for hydroxylation is 1. The van der Waals surface area contributed by atoms with Crippen LogP contribution in [-0.2, 0) is 35.5 Å². The van der Waals surface area contributed by atoms with E-state index in [1.807, 2.05) is 30.5 Å². The van der Waals surface area contributed by atoms with Gasteiger partial charge in [-0.3, -0.25) is 9.59 Å². The van der Waals surface area contributed by atoms with Crippen molar-refractivity contribution in [3.63, 3.8) is 0 Å². The van der Waals surface area contributed by atoms with Crippen molar-refractivity contribution in [2.24, 2.45) is 0 Å². The third-order valence-electron chi connectivity index (χ3n) is 5.59. The van der Waals surface area contributed by atoms with Gasteiger partial charge in [-0.15, -0.1) is 0 Å². The van der Waals surface area contributed by atoms with Crippen molar-refractivity contribution in [1.29, 1.82) is 0 Å². The maximum atomic E-state index is 12.8. The number of aromatic nitrogens is 1. The van der Waals surface area contributed by atoms with E-state index in [4.69, 9.17) is 9.47 Å². The Bertz CT molecular complexity index is 1260. The van der Waals surface area contributed by atoms with Crippen molar-refractivity contribution in [2.45, 2.75) is 24.2 Å². The van der Waals surface area contributed by atoms with Crippen LogP contribution in [0.1, 0.15) is 18.4 Å². The molecule has 0 radical (unpaired) electrons. The molecular weight excluding hydrogens is 458 g/mol. The minimum atomic E-state index is -3.67. The molecule has 10 heteroatoms. The highest BCUT2D eigenvalue weighted by Gasteiger charge is 2.26. The minimum absolute atomic E-state index is 0.0847. The van der Waals surface area contributed by atoms with Crippen molar-refractivity contribution >= 4 is 38.5 Å². The van der Waals surface area contributed by atoms with E-state index in [2.05, 4.69) is 10.3 Å². The number of ether oxygens (including phenoxy) is 2. The lowest BCUT2D eigenvalue weighted by Crippen LogP contribution is -2.40. The zero-order valence-electron chi connectivity index (χ0n) is 18.7. The first-order chi connectivity index (χ1) is 16.4. The number of nitrogens with one attached hydrogen (secondary N) is 2. The number of sulfonamides is 1. The highest BCUT2D eigenvalue weighted by Crippen LogP contribution is 2.21. The number of benzene rings is 2. The second-order valence-electron chi connectivity index (χ2n) is 7.97. The number of hydrogen-bond donors (Lipinski definition) is 2. The van der Waals surface area contributed by atoms with E-state index in [1.54, 1.807) is 12.1 Å². The average Bonchev–Trinajstić information content (AvgIpc) is 3.26. The molecule has 1 amide bonds. The van der Waals surface area contributed by atoms with E-state index in [0.717, 1.165) is 22.9 Å². The van der Waals surface area contributed by atoms with Gasteiger partial charge in [0.05, 0.1) is 18.1 Å². The molecule has 1 fully saturated rings. The number of anilines is 1. The Morgan fingerprint density at radius 2 is 1.88 bits per heavy atom. The Hall–Kier alpha value is -3.21. The fourth-order valence-electron chi connectivity index (χ4n) is 3.85. The second kappa shape index (κ2) is 10.8. The van der Waals surface area contributed by atoms with E-state index < -0.39 is 28.5 Å². The second-order valence-corrected chi connectivity index (χ2v) is 9.90. The van der Waals surface area contributed by atoms with Crippen LogP contribution in [0.3, 0.4) is 0 Å². The molecule has 3 aromatic rings. The summed E-state index contributed by atoms with van der Waals surface area (Å²) in [6, 6.07) is 14.0. The van der Waals surface area contributed by atoms with Crippen molar-refractivity contribution in [2.75, 3.05) is 38.2 Å². The van der Waals surface area contributed by atoms with Crippen LogP contribution in [-0.4, -0.2) is 62.5 Å². The smallest absolute Gasteiger partial charge is 0.306 e. The van der Waals surface area contributed by atoms with Crippen molar-refractivity contribution in [1.82, 2.24) is 9.29 Å². The number of esters is 1. The number of aromatic amines is 1. The highest BCUT2D eigenvalue weighted by molar-refractivity contribution is 7.89. The number of fused-ring (bicyclic) bond motifs is 1. The number of amides is 1. The molecule has 1 aliphatic heterocycles. The van der Waals surface area contributed by atoms with Crippen LogP contribution in [0.4, 0.5) is 5.69 Å². The number of carbonyl (C=O) groups excluding carboxylic acids is 2. The lowest BCUT2D eigenvalue weighted by Gasteiger charge is -2.26. The Balaban J connectivity index is 1.23. The minimum Gasteiger partial charge on any atom is -0.456 e. The molecule has 34 heavy (non-hydrogen) atoms. The van der Waals surface area contributed by atoms with Gasteiger partial charge in [-0.25, -0.2) is 8.42 Å². The quantitative estimate of drug-likeness (QED) is 0.450. The molecule has 180 valence electrons. The van der Waals surface area contributed by atoms with Crippen LogP contribution in [0.5, 0.6) is 0 Å². The largest absolute Gasteiger partial charge is 0.456 e. The predicted octanol–water partition coefficient (Wildman–Crippen LogP) is 2.69. The molecular formula is C24H27N3O6S. The summed E-state index contributed by atoms with van der Waals surface area (Å²) >= 11 is 0. The topological polar surface area (TPSA) is 118 Å². The van der Waals surface area contributed by atoms with Gasteiger partial charge in [0, 0.05) is 42.3 Å². The van der Waals surface area contributed by atoms with Crippen LogP contribution in [0.25, 0.3) is 10.9 Å². The maximum Gasteiger partial charge on any atom is 0.306 e. The Labute approximate surface area is 198 Å². The number of carbonyl (C=O) groups is 2. The predicted molar refractivity (Wildman–Crippen MR) is 127 cm³/mol. The Morgan fingerprint density at radius 1 is 1.09 bits per heavy atom. The number of morpholine rings is 1. The summed E-state index contributed by atoms with van der Waals surface area (Å²) in [6.45, 7) is 0.836. The maximum absolute atomic E-state index is 12.8. The SMILES string of the molecule is O=C(COC(=O)CCCc1c[nH]c2ccccc12)Nc1cccc(S(=O)(=O)N2CCOCC2)c1. The van der Waals surface area contributed by atoms with Gasteiger partial charge in [-0.2, -0.15) is 4.31 Å². The lowest BCUT2D eigenvalue weighted by atomic mass is 10.1. The Kier molecular flexibility index (Phi) is 7.61. The average molecular weight is 486 g/mol. The normalized spacial score (nSPS) is 14.7. The third kappa shape index (κ3) is 5.82. The monoisotopic (exact) mass is 485 g/mol. The summed E-state index contributed by atoms with van der Waals surface area (Å²) in [5.74, 6) is -0.996. The molecule has 0 atom stereocenters. The molecule has 0 spiro atoms.